The van der Waals surface area contributed by atoms with Crippen molar-refractivity contribution in [2.75, 3.05) is 6.54 Å². The zero-order valence-electron chi connectivity index (χ0n) is 20.1. The number of carbonyl (C=O) groups is 1. The lowest BCUT2D eigenvalue weighted by Crippen LogP contribution is -2.26. The van der Waals surface area contributed by atoms with Crippen LogP contribution in [0.5, 0.6) is 0 Å². The third-order valence-electron chi connectivity index (χ3n) is 7.06. The highest BCUT2D eigenvalue weighted by Gasteiger charge is 2.18. The largest absolute Gasteiger partial charge is 0.481 e. The number of hydrogen-bond donors (Lipinski definition) is 1. The fourth-order valence-corrected chi connectivity index (χ4v) is 7.47. The van der Waals surface area contributed by atoms with Crippen molar-refractivity contribution < 1.29 is 9.90 Å². The second kappa shape index (κ2) is 9.66. The monoisotopic (exact) mass is 509 g/mol. The number of carboxylic acid groups (broad SMARTS) is 1. The predicted molar refractivity (Wildman–Crippen MR) is 154 cm³/mol. The molecule has 0 spiro atoms. The van der Waals surface area contributed by atoms with Crippen LogP contribution >= 0.6 is 22.7 Å². The molecule has 1 N–H and O–H groups in total. The van der Waals surface area contributed by atoms with E-state index >= 15 is 0 Å². The van der Waals surface area contributed by atoms with Crippen LogP contribution in [0.3, 0.4) is 0 Å². The Hall–Kier alpha value is -3.25. The van der Waals surface area contributed by atoms with Gasteiger partial charge in [-0.15, -0.1) is 22.7 Å². The van der Waals surface area contributed by atoms with Crippen LogP contribution in [0.25, 0.3) is 40.3 Å². The minimum atomic E-state index is -0.729. The second-order valence-electron chi connectivity index (χ2n) is 9.52. The van der Waals surface area contributed by atoms with E-state index in [1.54, 1.807) is 6.92 Å². The average molecular weight is 510 g/mol. The number of rotatable bonds is 8. The normalized spacial score (nSPS) is 12.8. The van der Waals surface area contributed by atoms with Gasteiger partial charge in [0.25, 0.3) is 0 Å². The van der Waals surface area contributed by atoms with Crippen molar-refractivity contribution in [3.05, 3.63) is 96.1 Å². The van der Waals surface area contributed by atoms with Gasteiger partial charge in [0.05, 0.1) is 5.92 Å². The van der Waals surface area contributed by atoms with Crippen LogP contribution < -0.4 is 0 Å². The lowest BCUT2D eigenvalue weighted by Gasteiger charge is -2.24. The summed E-state index contributed by atoms with van der Waals surface area (Å²) in [7, 11) is 0. The second-order valence-corrected chi connectivity index (χ2v) is 11.6. The molecule has 36 heavy (non-hydrogen) atoms. The molecule has 2 aromatic heterocycles. The fraction of sp³-hybridized carbons (Fsp3) is 0.194. The molecule has 0 bridgehead atoms. The summed E-state index contributed by atoms with van der Waals surface area (Å²) >= 11 is 3.71. The lowest BCUT2D eigenvalue weighted by molar-refractivity contribution is -0.141. The van der Waals surface area contributed by atoms with Crippen molar-refractivity contribution in [2.45, 2.75) is 26.4 Å². The smallest absolute Gasteiger partial charge is 0.306 e. The number of thiophene rings is 2. The molecule has 0 saturated heterocycles. The van der Waals surface area contributed by atoms with E-state index in [4.69, 9.17) is 0 Å². The number of benzene rings is 4. The van der Waals surface area contributed by atoms with Crippen LogP contribution in [-0.4, -0.2) is 22.5 Å². The van der Waals surface area contributed by atoms with Gasteiger partial charge in [0.1, 0.15) is 0 Å². The molecule has 2 heterocycles. The molecular weight excluding hydrogens is 482 g/mol. The van der Waals surface area contributed by atoms with Gasteiger partial charge in [-0.25, -0.2) is 0 Å². The van der Waals surface area contributed by atoms with Crippen LogP contribution in [0.4, 0.5) is 0 Å². The molecule has 0 radical (unpaired) electrons. The number of fused-ring (bicyclic) bond motifs is 6. The molecule has 180 valence electrons. The number of hydrogen-bond acceptors (Lipinski definition) is 4. The lowest BCUT2D eigenvalue weighted by atomic mass is 10.1. The summed E-state index contributed by atoms with van der Waals surface area (Å²) in [6.45, 7) is 4.12. The van der Waals surface area contributed by atoms with Gasteiger partial charge in [-0.05, 0) is 36.2 Å². The maximum atomic E-state index is 11.6. The molecule has 3 nitrogen and oxygen atoms in total. The Balaban J connectivity index is 1.38. The SMILES string of the molecule is CC(CCN(Cc1cccc2c1sc1ccccc12)Cc1cccc2c1sc1ccccc12)C(=O)O. The predicted octanol–water partition coefficient (Wildman–Crippen LogP) is 8.54. The summed E-state index contributed by atoms with van der Waals surface area (Å²) in [5.74, 6) is -1.10. The summed E-state index contributed by atoms with van der Waals surface area (Å²) in [5.41, 5.74) is 2.61. The Morgan fingerprint density at radius 2 is 1.19 bits per heavy atom. The molecule has 0 aliphatic heterocycles. The molecule has 6 aromatic rings. The first kappa shape index (κ1) is 23.2. The van der Waals surface area contributed by atoms with Crippen LogP contribution in [0.1, 0.15) is 24.5 Å². The van der Waals surface area contributed by atoms with E-state index in [9.17, 15) is 9.90 Å². The highest BCUT2D eigenvalue weighted by atomic mass is 32.1. The van der Waals surface area contributed by atoms with Gasteiger partial charge in [0.2, 0.25) is 0 Å². The summed E-state index contributed by atoms with van der Waals surface area (Å²) < 4.78 is 5.27. The van der Waals surface area contributed by atoms with Crippen LogP contribution in [-0.2, 0) is 17.9 Å². The Morgan fingerprint density at radius 1 is 0.722 bits per heavy atom. The zero-order chi connectivity index (χ0) is 24.6. The first-order valence-electron chi connectivity index (χ1n) is 12.3. The van der Waals surface area contributed by atoms with Crippen LogP contribution in [0.15, 0.2) is 84.9 Å². The van der Waals surface area contributed by atoms with Crippen LogP contribution in [0, 0.1) is 5.92 Å². The van der Waals surface area contributed by atoms with Gasteiger partial charge in [-0.1, -0.05) is 79.7 Å². The van der Waals surface area contributed by atoms with E-state index in [1.807, 2.05) is 22.7 Å². The van der Waals surface area contributed by atoms with Gasteiger partial charge >= 0.3 is 5.97 Å². The van der Waals surface area contributed by atoms with E-state index < -0.39 is 5.97 Å². The summed E-state index contributed by atoms with van der Waals surface area (Å²) in [5, 5.41) is 14.7. The number of carboxylic acids is 1. The third-order valence-corrected chi connectivity index (χ3v) is 9.58. The van der Waals surface area contributed by atoms with Gasteiger partial charge in [-0.2, -0.15) is 0 Å². The molecule has 0 saturated carbocycles. The molecule has 0 amide bonds. The molecule has 0 aliphatic carbocycles. The van der Waals surface area contributed by atoms with Gasteiger partial charge in [-0.3, -0.25) is 9.69 Å². The minimum absolute atomic E-state index is 0.368. The minimum Gasteiger partial charge on any atom is -0.481 e. The van der Waals surface area contributed by atoms with Crippen molar-refractivity contribution in [1.29, 1.82) is 0 Å². The summed E-state index contributed by atoms with van der Waals surface area (Å²) in [4.78, 5) is 14.0. The molecule has 0 aliphatic rings. The number of aliphatic carboxylic acids is 1. The molecule has 4 aromatic carbocycles. The zero-order valence-corrected chi connectivity index (χ0v) is 21.7. The highest BCUT2D eigenvalue weighted by molar-refractivity contribution is 7.26. The van der Waals surface area contributed by atoms with E-state index in [0.29, 0.717) is 6.42 Å². The van der Waals surface area contributed by atoms with Crippen molar-refractivity contribution in [2.24, 2.45) is 5.92 Å². The van der Waals surface area contributed by atoms with Crippen molar-refractivity contribution >= 4 is 69.0 Å². The molecule has 6 rings (SSSR count). The first-order valence-corrected chi connectivity index (χ1v) is 14.0. The maximum Gasteiger partial charge on any atom is 0.306 e. The van der Waals surface area contributed by atoms with Crippen molar-refractivity contribution in [3.63, 3.8) is 0 Å². The molecule has 1 unspecified atom stereocenters. The fourth-order valence-electron chi connectivity index (χ4n) is 5.06. The van der Waals surface area contributed by atoms with E-state index in [1.165, 1.54) is 51.5 Å². The highest BCUT2D eigenvalue weighted by Crippen LogP contribution is 2.38. The topological polar surface area (TPSA) is 40.5 Å². The Kier molecular flexibility index (Phi) is 6.22. The van der Waals surface area contributed by atoms with Crippen molar-refractivity contribution in [1.82, 2.24) is 4.90 Å². The van der Waals surface area contributed by atoms with Crippen molar-refractivity contribution in [3.8, 4) is 0 Å². The molecule has 1 atom stereocenters. The average Bonchev–Trinajstić information content (AvgIpc) is 3.47. The summed E-state index contributed by atoms with van der Waals surface area (Å²) in [6.07, 6.45) is 0.625. The first-order chi connectivity index (χ1) is 17.6. The van der Waals surface area contributed by atoms with Gasteiger partial charge in [0, 0.05) is 53.4 Å². The van der Waals surface area contributed by atoms with Gasteiger partial charge in [0.15, 0.2) is 0 Å². The maximum absolute atomic E-state index is 11.6. The summed E-state index contributed by atoms with van der Waals surface area (Å²) in [6, 6.07) is 30.4. The molecule has 0 fully saturated rings. The Morgan fingerprint density at radius 3 is 1.69 bits per heavy atom. The van der Waals surface area contributed by atoms with E-state index in [-0.39, 0.29) is 5.92 Å². The van der Waals surface area contributed by atoms with E-state index in [0.717, 1.165) is 19.6 Å². The number of nitrogens with zero attached hydrogens (tertiary/aromatic N) is 1. The Bertz CT molecular complexity index is 1600. The van der Waals surface area contributed by atoms with Crippen LogP contribution in [0.2, 0.25) is 0 Å². The van der Waals surface area contributed by atoms with E-state index in [2.05, 4.69) is 89.8 Å². The molecule has 5 heteroatoms. The van der Waals surface area contributed by atoms with Gasteiger partial charge < -0.3 is 5.11 Å². The third kappa shape index (κ3) is 4.28. The molecular formula is C31H27NO2S2. The standard InChI is InChI=1S/C31H27NO2S2/c1-20(31(33)34)16-17-32(18-21-8-6-12-25-23-10-2-4-14-27(23)35-29(21)25)19-22-9-7-13-26-24-11-3-5-15-28(24)36-30(22)26/h2-15,20H,16-19H2,1H3,(H,33,34). The Labute approximate surface area is 218 Å². The quantitative estimate of drug-likeness (QED) is 0.223.